The molecule has 0 saturated carbocycles. The van der Waals surface area contributed by atoms with Crippen molar-refractivity contribution in [2.45, 2.75) is 0 Å². The van der Waals surface area contributed by atoms with Crippen LogP contribution >= 0.6 is 31.9 Å². The lowest BCUT2D eigenvalue weighted by Crippen LogP contribution is -1.91. The lowest BCUT2D eigenvalue weighted by molar-refractivity contribution is -0.131. The van der Waals surface area contributed by atoms with Crippen molar-refractivity contribution in [3.05, 3.63) is 62.8 Å². The zero-order valence-corrected chi connectivity index (χ0v) is 13.7. The van der Waals surface area contributed by atoms with Crippen LogP contribution in [0.4, 0.5) is 4.39 Å². The summed E-state index contributed by atoms with van der Waals surface area (Å²) in [6, 6.07) is 9.22. The summed E-state index contributed by atoms with van der Waals surface area (Å²) >= 11 is 6.58. The average Bonchev–Trinajstić information content (AvgIpc) is 2.43. The predicted octanol–water partition coefficient (Wildman–Crippen LogP) is 5.24. The molecule has 0 aliphatic heterocycles. The molecule has 3 nitrogen and oxygen atoms in total. The molecule has 0 atom stereocenters. The SMILES string of the molecule is O=C(O)/C=C/c1cc(Br)ccc1Oc1cc(F)ccc1Br. The minimum Gasteiger partial charge on any atom is -0.478 e. The molecule has 2 rings (SSSR count). The number of ether oxygens (including phenoxy) is 1. The zero-order chi connectivity index (χ0) is 15.4. The molecule has 6 heteroatoms. The van der Waals surface area contributed by atoms with Crippen molar-refractivity contribution in [1.82, 2.24) is 0 Å². The van der Waals surface area contributed by atoms with E-state index < -0.39 is 11.8 Å². The van der Waals surface area contributed by atoms with E-state index in [9.17, 15) is 9.18 Å². The van der Waals surface area contributed by atoms with Gasteiger partial charge in [-0.3, -0.25) is 0 Å². The number of carbonyl (C=O) groups is 1. The molecule has 0 amide bonds. The topological polar surface area (TPSA) is 46.5 Å². The van der Waals surface area contributed by atoms with E-state index in [1.807, 2.05) is 0 Å². The summed E-state index contributed by atoms with van der Waals surface area (Å²) in [5.74, 6) is -0.759. The molecule has 108 valence electrons. The van der Waals surface area contributed by atoms with Gasteiger partial charge in [-0.05, 0) is 52.3 Å². The fourth-order valence-corrected chi connectivity index (χ4v) is 2.28. The average molecular weight is 416 g/mol. The van der Waals surface area contributed by atoms with Gasteiger partial charge < -0.3 is 9.84 Å². The van der Waals surface area contributed by atoms with Crippen molar-refractivity contribution in [2.75, 3.05) is 0 Å². The van der Waals surface area contributed by atoms with Crippen LogP contribution in [0, 0.1) is 5.82 Å². The van der Waals surface area contributed by atoms with Gasteiger partial charge in [-0.1, -0.05) is 15.9 Å². The molecule has 0 unspecified atom stereocenters. The minimum atomic E-state index is -1.06. The van der Waals surface area contributed by atoms with Crippen LogP contribution in [0.1, 0.15) is 5.56 Å². The second-order valence-corrected chi connectivity index (χ2v) is 5.80. The first-order valence-electron chi connectivity index (χ1n) is 5.79. The fraction of sp³-hybridized carbons (Fsp3) is 0. The van der Waals surface area contributed by atoms with Crippen molar-refractivity contribution < 1.29 is 19.0 Å². The maximum absolute atomic E-state index is 13.3. The number of carboxylic acid groups (broad SMARTS) is 1. The molecule has 0 bridgehead atoms. The van der Waals surface area contributed by atoms with E-state index in [0.29, 0.717) is 21.5 Å². The number of benzene rings is 2. The smallest absolute Gasteiger partial charge is 0.328 e. The van der Waals surface area contributed by atoms with Crippen molar-refractivity contribution in [2.24, 2.45) is 0 Å². The molecular formula is C15H9Br2FO3. The summed E-state index contributed by atoms with van der Waals surface area (Å²) < 4.78 is 20.3. The van der Waals surface area contributed by atoms with E-state index in [4.69, 9.17) is 9.84 Å². The summed E-state index contributed by atoms with van der Waals surface area (Å²) in [5.41, 5.74) is 0.558. The van der Waals surface area contributed by atoms with Crippen LogP contribution in [-0.4, -0.2) is 11.1 Å². The van der Waals surface area contributed by atoms with Gasteiger partial charge in [-0.25, -0.2) is 9.18 Å². The van der Waals surface area contributed by atoms with Gasteiger partial charge in [0.1, 0.15) is 17.3 Å². The van der Waals surface area contributed by atoms with Gasteiger partial charge in [0.25, 0.3) is 0 Å². The van der Waals surface area contributed by atoms with Crippen LogP contribution in [0.25, 0.3) is 6.08 Å². The Morgan fingerprint density at radius 2 is 1.90 bits per heavy atom. The summed E-state index contributed by atoms with van der Waals surface area (Å²) in [7, 11) is 0. The first kappa shape index (κ1) is 15.7. The molecule has 0 radical (unpaired) electrons. The Bertz CT molecular complexity index is 714. The van der Waals surface area contributed by atoms with Crippen molar-refractivity contribution in [3.8, 4) is 11.5 Å². The number of hydrogen-bond acceptors (Lipinski definition) is 2. The summed E-state index contributed by atoms with van der Waals surface area (Å²) in [4.78, 5) is 10.6. The fourth-order valence-electron chi connectivity index (χ4n) is 1.58. The second kappa shape index (κ2) is 6.87. The Kier molecular flexibility index (Phi) is 5.14. The molecule has 2 aromatic rings. The maximum Gasteiger partial charge on any atom is 0.328 e. The van der Waals surface area contributed by atoms with Gasteiger partial charge in [-0.2, -0.15) is 0 Å². The number of aliphatic carboxylic acids is 1. The minimum absolute atomic E-state index is 0.308. The molecular weight excluding hydrogens is 407 g/mol. The highest BCUT2D eigenvalue weighted by Gasteiger charge is 2.08. The van der Waals surface area contributed by atoms with Crippen LogP contribution in [0.3, 0.4) is 0 Å². The number of halogens is 3. The molecule has 0 heterocycles. The number of hydrogen-bond donors (Lipinski definition) is 1. The van der Waals surface area contributed by atoms with Crippen molar-refractivity contribution in [1.29, 1.82) is 0 Å². The van der Waals surface area contributed by atoms with Crippen molar-refractivity contribution >= 4 is 43.9 Å². The molecule has 0 fully saturated rings. The van der Waals surface area contributed by atoms with Gasteiger partial charge in [0.15, 0.2) is 0 Å². The number of carboxylic acids is 1. The monoisotopic (exact) mass is 414 g/mol. The summed E-state index contributed by atoms with van der Waals surface area (Å²) in [5, 5.41) is 8.71. The molecule has 0 aliphatic carbocycles. The van der Waals surface area contributed by atoms with E-state index in [1.165, 1.54) is 24.3 Å². The molecule has 0 aliphatic rings. The lowest BCUT2D eigenvalue weighted by atomic mass is 10.2. The first-order valence-corrected chi connectivity index (χ1v) is 7.38. The summed E-state index contributed by atoms with van der Waals surface area (Å²) in [6.45, 7) is 0. The second-order valence-electron chi connectivity index (χ2n) is 4.03. The third kappa shape index (κ3) is 4.41. The quantitative estimate of drug-likeness (QED) is 0.694. The van der Waals surface area contributed by atoms with Crippen LogP contribution in [0.2, 0.25) is 0 Å². The van der Waals surface area contributed by atoms with Gasteiger partial charge in [0, 0.05) is 22.2 Å². The van der Waals surface area contributed by atoms with Gasteiger partial charge in [0.05, 0.1) is 4.47 Å². The Morgan fingerprint density at radius 3 is 2.62 bits per heavy atom. The third-order valence-electron chi connectivity index (χ3n) is 2.49. The normalized spacial score (nSPS) is 10.8. The van der Waals surface area contributed by atoms with Crippen LogP contribution < -0.4 is 4.74 Å². The molecule has 2 aromatic carbocycles. The molecule has 0 aromatic heterocycles. The third-order valence-corrected chi connectivity index (χ3v) is 3.64. The summed E-state index contributed by atoms with van der Waals surface area (Å²) in [6.07, 6.45) is 2.42. The number of rotatable bonds is 4. The van der Waals surface area contributed by atoms with Gasteiger partial charge >= 0.3 is 5.97 Å². The van der Waals surface area contributed by atoms with E-state index >= 15 is 0 Å². The lowest BCUT2D eigenvalue weighted by Gasteiger charge is -2.11. The van der Waals surface area contributed by atoms with Crippen LogP contribution in [-0.2, 0) is 4.79 Å². The Morgan fingerprint density at radius 1 is 1.14 bits per heavy atom. The predicted molar refractivity (Wildman–Crippen MR) is 85.0 cm³/mol. The Hall–Kier alpha value is -1.66. The Balaban J connectivity index is 2.39. The largest absolute Gasteiger partial charge is 0.478 e. The maximum atomic E-state index is 13.3. The molecule has 0 saturated heterocycles. The van der Waals surface area contributed by atoms with Gasteiger partial charge in [-0.15, -0.1) is 0 Å². The molecule has 21 heavy (non-hydrogen) atoms. The zero-order valence-electron chi connectivity index (χ0n) is 10.5. The Labute approximate surface area is 137 Å². The first-order chi connectivity index (χ1) is 9.95. The van der Waals surface area contributed by atoms with E-state index in [2.05, 4.69) is 31.9 Å². The van der Waals surface area contributed by atoms with E-state index in [1.54, 1.807) is 18.2 Å². The van der Waals surface area contributed by atoms with E-state index in [0.717, 1.165) is 10.5 Å². The van der Waals surface area contributed by atoms with Crippen LogP contribution in [0.5, 0.6) is 11.5 Å². The van der Waals surface area contributed by atoms with Crippen LogP contribution in [0.15, 0.2) is 51.4 Å². The standard InChI is InChI=1S/C15H9Br2FO3/c16-10-2-5-13(9(7-10)1-6-15(19)20)21-14-8-11(18)3-4-12(14)17/h1-8H,(H,19,20)/b6-1+. The van der Waals surface area contributed by atoms with E-state index in [-0.39, 0.29) is 0 Å². The van der Waals surface area contributed by atoms with Crippen molar-refractivity contribution in [3.63, 3.8) is 0 Å². The van der Waals surface area contributed by atoms with Gasteiger partial charge in [0.2, 0.25) is 0 Å². The molecule has 1 N–H and O–H groups in total. The highest BCUT2D eigenvalue weighted by Crippen LogP contribution is 2.33. The highest BCUT2D eigenvalue weighted by molar-refractivity contribution is 9.10. The highest BCUT2D eigenvalue weighted by atomic mass is 79.9. The molecule has 0 spiro atoms.